The van der Waals surface area contributed by atoms with Crippen molar-refractivity contribution < 1.29 is 8.42 Å². The summed E-state index contributed by atoms with van der Waals surface area (Å²) >= 11 is 1.58. The van der Waals surface area contributed by atoms with Gasteiger partial charge in [-0.25, -0.2) is 13.4 Å². The molecular formula is C16H20N2O2S2. The number of hydrogen-bond acceptors (Lipinski definition) is 4. The van der Waals surface area contributed by atoms with Crippen molar-refractivity contribution in [3.63, 3.8) is 0 Å². The molecule has 0 bridgehead atoms. The normalized spacial score (nSPS) is 15.4. The third-order valence-electron chi connectivity index (χ3n) is 3.94. The minimum Gasteiger partial charge on any atom is -0.250 e. The lowest BCUT2D eigenvalue weighted by atomic mass is 10.1. The average Bonchev–Trinajstić information content (AvgIpc) is 3.16. The molecule has 1 aliphatic carbocycles. The first-order chi connectivity index (χ1) is 10.6. The molecule has 22 heavy (non-hydrogen) atoms. The molecule has 2 aromatic rings. The fourth-order valence-electron chi connectivity index (χ4n) is 2.55. The third kappa shape index (κ3) is 3.74. The van der Waals surface area contributed by atoms with Crippen LogP contribution in [0.4, 0.5) is 0 Å². The van der Waals surface area contributed by atoms with E-state index in [1.54, 1.807) is 21.8 Å². The zero-order valence-electron chi connectivity index (χ0n) is 12.6. The fourth-order valence-corrected chi connectivity index (χ4v) is 5.07. The number of hydrogen-bond donors (Lipinski definition) is 0. The van der Waals surface area contributed by atoms with Crippen LogP contribution in [0.5, 0.6) is 0 Å². The van der Waals surface area contributed by atoms with E-state index in [-0.39, 0.29) is 11.8 Å². The second-order valence-corrected chi connectivity index (χ2v) is 8.60. The van der Waals surface area contributed by atoms with Crippen LogP contribution in [0.25, 0.3) is 0 Å². The second-order valence-electron chi connectivity index (χ2n) is 5.70. The Morgan fingerprint density at radius 2 is 2.09 bits per heavy atom. The topological polar surface area (TPSA) is 50.3 Å². The van der Waals surface area contributed by atoms with Crippen LogP contribution in [0.15, 0.2) is 35.8 Å². The van der Waals surface area contributed by atoms with Gasteiger partial charge in [0.05, 0.1) is 10.8 Å². The first kappa shape index (κ1) is 15.6. The predicted octanol–water partition coefficient (Wildman–Crippen LogP) is 2.99. The number of nitrogens with zero attached hydrogens (tertiary/aromatic N) is 2. The van der Waals surface area contributed by atoms with E-state index in [9.17, 15) is 8.42 Å². The first-order valence-electron chi connectivity index (χ1n) is 7.48. The highest BCUT2D eigenvalue weighted by Crippen LogP contribution is 2.31. The summed E-state index contributed by atoms with van der Waals surface area (Å²) in [7, 11) is -3.28. The summed E-state index contributed by atoms with van der Waals surface area (Å²) in [5, 5.41) is 2.93. The Morgan fingerprint density at radius 3 is 2.73 bits per heavy atom. The maximum Gasteiger partial charge on any atom is 0.218 e. The van der Waals surface area contributed by atoms with Gasteiger partial charge in [-0.3, -0.25) is 0 Å². The molecule has 1 aromatic heterocycles. The smallest absolute Gasteiger partial charge is 0.218 e. The van der Waals surface area contributed by atoms with Gasteiger partial charge in [0.2, 0.25) is 10.0 Å². The van der Waals surface area contributed by atoms with Gasteiger partial charge < -0.3 is 0 Å². The molecule has 0 unspecified atom stereocenters. The number of aryl methyl sites for hydroxylation is 1. The lowest BCUT2D eigenvalue weighted by Gasteiger charge is -2.22. The monoisotopic (exact) mass is 336 g/mol. The Kier molecular flexibility index (Phi) is 4.61. The van der Waals surface area contributed by atoms with Crippen LogP contribution in [0, 0.1) is 6.92 Å². The van der Waals surface area contributed by atoms with Gasteiger partial charge in [0.25, 0.3) is 0 Å². The van der Waals surface area contributed by atoms with Crippen LogP contribution in [-0.4, -0.2) is 30.3 Å². The van der Waals surface area contributed by atoms with Gasteiger partial charge in [0, 0.05) is 30.6 Å². The lowest BCUT2D eigenvalue weighted by Crippen LogP contribution is -2.36. The highest BCUT2D eigenvalue weighted by molar-refractivity contribution is 7.88. The molecule has 3 rings (SSSR count). The summed E-state index contributed by atoms with van der Waals surface area (Å²) in [4.78, 5) is 4.25. The number of aromatic nitrogens is 1. The van der Waals surface area contributed by atoms with Crippen molar-refractivity contribution in [2.75, 3.05) is 6.54 Å². The van der Waals surface area contributed by atoms with Gasteiger partial charge in [0.15, 0.2) is 0 Å². The minimum absolute atomic E-state index is 0.0913. The Hall–Kier alpha value is -1.24. The van der Waals surface area contributed by atoms with Crippen molar-refractivity contribution in [2.24, 2.45) is 0 Å². The third-order valence-corrected chi connectivity index (χ3v) is 6.65. The molecule has 1 aromatic carbocycles. The van der Waals surface area contributed by atoms with Gasteiger partial charge in [-0.15, -0.1) is 11.3 Å². The van der Waals surface area contributed by atoms with Crippen LogP contribution in [-0.2, 0) is 22.2 Å². The van der Waals surface area contributed by atoms with Crippen LogP contribution >= 0.6 is 11.3 Å². The summed E-state index contributed by atoms with van der Waals surface area (Å²) in [6.45, 7) is 2.49. The Labute approximate surface area is 135 Å². The minimum atomic E-state index is -3.28. The van der Waals surface area contributed by atoms with Crippen molar-refractivity contribution >= 4 is 21.4 Å². The van der Waals surface area contributed by atoms with E-state index in [2.05, 4.69) is 4.98 Å². The van der Waals surface area contributed by atoms with E-state index in [0.29, 0.717) is 13.0 Å². The van der Waals surface area contributed by atoms with E-state index < -0.39 is 10.0 Å². The molecule has 1 aliphatic rings. The SMILES string of the molecule is Cc1ccccc1CS(=O)(=O)N(CCc1nccs1)C1CC1. The molecule has 4 nitrogen and oxygen atoms in total. The van der Waals surface area contributed by atoms with Crippen LogP contribution in [0.3, 0.4) is 0 Å². The highest BCUT2D eigenvalue weighted by Gasteiger charge is 2.37. The van der Waals surface area contributed by atoms with Crippen LogP contribution in [0.2, 0.25) is 0 Å². The van der Waals surface area contributed by atoms with Gasteiger partial charge >= 0.3 is 0 Å². The van der Waals surface area contributed by atoms with E-state index >= 15 is 0 Å². The number of benzene rings is 1. The molecule has 1 fully saturated rings. The lowest BCUT2D eigenvalue weighted by molar-refractivity contribution is 0.406. The van der Waals surface area contributed by atoms with Gasteiger partial charge in [-0.2, -0.15) is 4.31 Å². The number of sulfonamides is 1. The molecule has 0 saturated heterocycles. The predicted molar refractivity (Wildman–Crippen MR) is 89.3 cm³/mol. The molecule has 0 amide bonds. The standard InChI is InChI=1S/C16H20N2O2S2/c1-13-4-2-3-5-14(13)12-22(19,20)18(15-6-7-15)10-8-16-17-9-11-21-16/h2-5,9,11,15H,6-8,10,12H2,1H3. The number of thiazole rings is 1. The molecule has 6 heteroatoms. The number of rotatable bonds is 7. The Morgan fingerprint density at radius 1 is 1.32 bits per heavy atom. The molecule has 0 spiro atoms. The van der Waals surface area contributed by atoms with Crippen molar-refractivity contribution in [3.8, 4) is 0 Å². The molecule has 1 heterocycles. The second kappa shape index (κ2) is 6.48. The maximum absolute atomic E-state index is 12.8. The molecule has 0 atom stereocenters. The van der Waals surface area contributed by atoms with E-state index in [0.717, 1.165) is 29.0 Å². The van der Waals surface area contributed by atoms with Gasteiger partial charge in [-0.1, -0.05) is 24.3 Å². The summed E-state index contributed by atoms with van der Waals surface area (Å²) in [5.74, 6) is 0.0913. The van der Waals surface area contributed by atoms with E-state index in [1.807, 2.05) is 36.6 Å². The first-order valence-corrected chi connectivity index (χ1v) is 9.97. The van der Waals surface area contributed by atoms with Crippen molar-refractivity contribution in [3.05, 3.63) is 52.0 Å². The van der Waals surface area contributed by atoms with Crippen molar-refractivity contribution in [2.45, 2.75) is 38.0 Å². The average molecular weight is 336 g/mol. The zero-order chi connectivity index (χ0) is 15.6. The fraction of sp³-hybridized carbons (Fsp3) is 0.438. The summed E-state index contributed by atoms with van der Waals surface area (Å²) in [6.07, 6.45) is 4.42. The molecule has 0 N–H and O–H groups in total. The van der Waals surface area contributed by atoms with E-state index in [4.69, 9.17) is 0 Å². The molecule has 0 aliphatic heterocycles. The van der Waals surface area contributed by atoms with Crippen LogP contribution < -0.4 is 0 Å². The highest BCUT2D eigenvalue weighted by atomic mass is 32.2. The quantitative estimate of drug-likeness (QED) is 0.781. The zero-order valence-corrected chi connectivity index (χ0v) is 14.2. The Bertz CT molecular complexity index is 722. The molecule has 0 radical (unpaired) electrons. The molecular weight excluding hydrogens is 316 g/mol. The summed E-state index contributed by atoms with van der Waals surface area (Å²) < 4.78 is 27.3. The van der Waals surface area contributed by atoms with Gasteiger partial charge in [-0.05, 0) is 30.9 Å². The van der Waals surface area contributed by atoms with Crippen molar-refractivity contribution in [1.82, 2.24) is 9.29 Å². The maximum atomic E-state index is 12.8. The van der Waals surface area contributed by atoms with Crippen molar-refractivity contribution in [1.29, 1.82) is 0 Å². The Balaban J connectivity index is 1.73. The largest absolute Gasteiger partial charge is 0.250 e. The molecule has 118 valence electrons. The van der Waals surface area contributed by atoms with Crippen LogP contribution in [0.1, 0.15) is 29.0 Å². The van der Waals surface area contributed by atoms with Gasteiger partial charge in [0.1, 0.15) is 0 Å². The summed E-state index contributed by atoms with van der Waals surface area (Å²) in [6, 6.07) is 7.89. The summed E-state index contributed by atoms with van der Waals surface area (Å²) in [5.41, 5.74) is 1.92. The van der Waals surface area contributed by atoms with E-state index in [1.165, 1.54) is 0 Å². The molecule has 1 saturated carbocycles.